The molecule has 0 aromatic rings. The van der Waals surface area contributed by atoms with Gasteiger partial charge in [-0.15, -0.1) is 0 Å². The molecule has 5 nitrogen and oxygen atoms in total. The van der Waals surface area contributed by atoms with E-state index in [1.54, 1.807) is 0 Å². The summed E-state index contributed by atoms with van der Waals surface area (Å²) in [6.45, 7) is 0. The van der Waals surface area contributed by atoms with E-state index in [2.05, 4.69) is 5.32 Å². The van der Waals surface area contributed by atoms with Gasteiger partial charge in [-0.05, 0) is 25.7 Å². The maximum absolute atomic E-state index is 12.0. The van der Waals surface area contributed by atoms with E-state index in [0.29, 0.717) is 25.7 Å². The highest BCUT2D eigenvalue weighted by atomic mass is 16.4. The largest absolute Gasteiger partial charge is 0.481 e. The highest BCUT2D eigenvalue weighted by molar-refractivity contribution is 5.85. The molecule has 17 heavy (non-hydrogen) atoms. The third-order valence-electron chi connectivity index (χ3n) is 3.88. The summed E-state index contributed by atoms with van der Waals surface area (Å²) in [4.78, 5) is 23.0. The smallest absolute Gasteiger partial charge is 0.307 e. The lowest BCUT2D eigenvalue weighted by molar-refractivity contribution is -0.149. The minimum atomic E-state index is -0.863. The van der Waals surface area contributed by atoms with Crippen molar-refractivity contribution < 1.29 is 19.8 Å². The van der Waals surface area contributed by atoms with Crippen LogP contribution in [0.2, 0.25) is 0 Å². The molecule has 2 fully saturated rings. The predicted octanol–water partition coefficient (Wildman–Crippen LogP) is 0.517. The number of aliphatic hydroxyl groups is 1. The van der Waals surface area contributed by atoms with Gasteiger partial charge in [-0.25, -0.2) is 0 Å². The van der Waals surface area contributed by atoms with Crippen LogP contribution in [-0.4, -0.2) is 34.2 Å². The van der Waals surface area contributed by atoms with E-state index in [9.17, 15) is 9.59 Å². The molecule has 96 valence electrons. The lowest BCUT2D eigenvalue weighted by Gasteiger charge is -2.35. The van der Waals surface area contributed by atoms with Crippen molar-refractivity contribution in [2.75, 3.05) is 0 Å². The predicted molar refractivity (Wildman–Crippen MR) is 60.3 cm³/mol. The standard InChI is InChI=1S/C12H19NO4/c14-8-5-7(6-8)13-11(15)9-3-1-2-4-10(9)12(16)17/h7-10,14H,1-6H2,(H,13,15)(H,16,17). The minimum absolute atomic E-state index is 0.0360. The van der Waals surface area contributed by atoms with Gasteiger partial charge >= 0.3 is 5.97 Å². The van der Waals surface area contributed by atoms with E-state index in [0.717, 1.165) is 12.8 Å². The fraction of sp³-hybridized carbons (Fsp3) is 0.833. The molecule has 0 aliphatic heterocycles. The molecule has 0 aromatic heterocycles. The molecule has 0 heterocycles. The zero-order valence-corrected chi connectivity index (χ0v) is 9.76. The van der Waals surface area contributed by atoms with Gasteiger partial charge < -0.3 is 15.5 Å². The number of carboxylic acids is 1. The Kier molecular flexibility index (Phi) is 3.66. The van der Waals surface area contributed by atoms with Crippen LogP contribution in [0.15, 0.2) is 0 Å². The molecule has 3 N–H and O–H groups in total. The number of amides is 1. The molecule has 0 saturated heterocycles. The number of rotatable bonds is 3. The van der Waals surface area contributed by atoms with Gasteiger partial charge in [-0.3, -0.25) is 9.59 Å². The second-order valence-corrected chi connectivity index (χ2v) is 5.17. The average Bonchev–Trinajstić information content (AvgIpc) is 2.27. The Morgan fingerprint density at radius 1 is 1.06 bits per heavy atom. The fourth-order valence-electron chi connectivity index (χ4n) is 2.75. The Morgan fingerprint density at radius 2 is 1.65 bits per heavy atom. The fourth-order valence-corrected chi connectivity index (χ4v) is 2.75. The molecular weight excluding hydrogens is 222 g/mol. The minimum Gasteiger partial charge on any atom is -0.481 e. The first-order valence-corrected chi connectivity index (χ1v) is 6.29. The zero-order chi connectivity index (χ0) is 12.4. The van der Waals surface area contributed by atoms with Crippen molar-refractivity contribution in [3.05, 3.63) is 0 Å². The molecule has 2 aliphatic carbocycles. The third-order valence-corrected chi connectivity index (χ3v) is 3.88. The van der Waals surface area contributed by atoms with Crippen LogP contribution < -0.4 is 5.32 Å². The van der Waals surface area contributed by atoms with E-state index in [4.69, 9.17) is 10.2 Å². The van der Waals surface area contributed by atoms with E-state index < -0.39 is 11.9 Å². The molecule has 2 unspecified atom stereocenters. The molecule has 0 spiro atoms. The van der Waals surface area contributed by atoms with E-state index in [1.807, 2.05) is 0 Å². The van der Waals surface area contributed by atoms with Crippen LogP contribution in [0, 0.1) is 11.8 Å². The summed E-state index contributed by atoms with van der Waals surface area (Å²) in [5.74, 6) is -1.93. The van der Waals surface area contributed by atoms with Crippen LogP contribution >= 0.6 is 0 Å². The monoisotopic (exact) mass is 241 g/mol. The lowest BCUT2D eigenvalue weighted by atomic mass is 9.78. The summed E-state index contributed by atoms with van der Waals surface area (Å²) in [7, 11) is 0. The summed E-state index contributed by atoms with van der Waals surface area (Å²) in [5.41, 5.74) is 0. The molecule has 2 atom stereocenters. The Balaban J connectivity index is 1.89. The van der Waals surface area contributed by atoms with Crippen molar-refractivity contribution in [2.24, 2.45) is 11.8 Å². The number of nitrogens with one attached hydrogen (secondary N) is 1. The van der Waals surface area contributed by atoms with Gasteiger partial charge in [0.1, 0.15) is 0 Å². The Labute approximate surface area is 100 Å². The lowest BCUT2D eigenvalue weighted by Crippen LogP contribution is -2.50. The molecule has 0 bridgehead atoms. The number of aliphatic carboxylic acids is 1. The van der Waals surface area contributed by atoms with Crippen molar-refractivity contribution in [3.63, 3.8) is 0 Å². The van der Waals surface area contributed by atoms with Crippen molar-refractivity contribution in [1.29, 1.82) is 0 Å². The summed E-state index contributed by atoms with van der Waals surface area (Å²) < 4.78 is 0. The maximum atomic E-state index is 12.0. The molecule has 2 saturated carbocycles. The SMILES string of the molecule is O=C(O)C1CCCCC1C(=O)NC1CC(O)C1. The Bertz CT molecular complexity index is 312. The molecule has 2 rings (SSSR count). The zero-order valence-electron chi connectivity index (χ0n) is 9.76. The molecule has 1 amide bonds. The van der Waals surface area contributed by atoms with Crippen LogP contribution in [0.5, 0.6) is 0 Å². The van der Waals surface area contributed by atoms with E-state index in [-0.39, 0.29) is 24.0 Å². The number of hydrogen-bond acceptors (Lipinski definition) is 3. The third kappa shape index (κ3) is 2.77. The Morgan fingerprint density at radius 3 is 2.18 bits per heavy atom. The van der Waals surface area contributed by atoms with Crippen molar-refractivity contribution in [1.82, 2.24) is 5.32 Å². The van der Waals surface area contributed by atoms with Gasteiger partial charge in [0.15, 0.2) is 0 Å². The summed E-state index contributed by atoms with van der Waals surface area (Å²) in [6, 6.07) is 0.0360. The summed E-state index contributed by atoms with van der Waals surface area (Å²) in [5, 5.41) is 21.1. The maximum Gasteiger partial charge on any atom is 0.307 e. The molecule has 0 radical (unpaired) electrons. The first-order valence-electron chi connectivity index (χ1n) is 6.29. The Hall–Kier alpha value is -1.10. The first-order chi connectivity index (χ1) is 8.08. The topological polar surface area (TPSA) is 86.6 Å². The van der Waals surface area contributed by atoms with Gasteiger partial charge in [0, 0.05) is 6.04 Å². The summed E-state index contributed by atoms with van der Waals surface area (Å²) >= 11 is 0. The first kappa shape index (κ1) is 12.4. The van der Waals surface area contributed by atoms with Crippen LogP contribution in [0.3, 0.4) is 0 Å². The van der Waals surface area contributed by atoms with E-state index in [1.165, 1.54) is 0 Å². The number of carbonyl (C=O) groups excluding carboxylic acids is 1. The molecule has 2 aliphatic rings. The normalized spacial score (nSPS) is 37.0. The number of aliphatic hydroxyl groups excluding tert-OH is 1. The van der Waals surface area contributed by atoms with Crippen molar-refractivity contribution in [2.45, 2.75) is 50.7 Å². The van der Waals surface area contributed by atoms with Gasteiger partial charge in [0.2, 0.25) is 5.91 Å². The van der Waals surface area contributed by atoms with E-state index >= 15 is 0 Å². The average molecular weight is 241 g/mol. The van der Waals surface area contributed by atoms with Gasteiger partial charge in [-0.2, -0.15) is 0 Å². The van der Waals surface area contributed by atoms with Crippen molar-refractivity contribution >= 4 is 11.9 Å². The van der Waals surface area contributed by atoms with Gasteiger partial charge in [0.25, 0.3) is 0 Å². The van der Waals surface area contributed by atoms with Crippen LogP contribution in [0.4, 0.5) is 0 Å². The van der Waals surface area contributed by atoms with Gasteiger partial charge in [0.05, 0.1) is 17.9 Å². The number of hydrogen-bond donors (Lipinski definition) is 3. The highest BCUT2D eigenvalue weighted by Gasteiger charge is 2.38. The molecule has 0 aromatic carbocycles. The van der Waals surface area contributed by atoms with Crippen LogP contribution in [-0.2, 0) is 9.59 Å². The second-order valence-electron chi connectivity index (χ2n) is 5.17. The highest BCUT2D eigenvalue weighted by Crippen LogP contribution is 2.31. The molecular formula is C12H19NO4. The van der Waals surface area contributed by atoms with Gasteiger partial charge in [-0.1, -0.05) is 12.8 Å². The number of carboxylic acid groups (broad SMARTS) is 1. The van der Waals surface area contributed by atoms with Crippen molar-refractivity contribution in [3.8, 4) is 0 Å². The molecule has 5 heteroatoms. The quantitative estimate of drug-likeness (QED) is 0.672. The van der Waals surface area contributed by atoms with Crippen LogP contribution in [0.25, 0.3) is 0 Å². The van der Waals surface area contributed by atoms with Crippen LogP contribution in [0.1, 0.15) is 38.5 Å². The summed E-state index contributed by atoms with van der Waals surface area (Å²) in [6.07, 6.45) is 3.96. The number of carbonyl (C=O) groups is 2. The second kappa shape index (κ2) is 5.04.